The summed E-state index contributed by atoms with van der Waals surface area (Å²) in [6.45, 7) is 1.60. The quantitative estimate of drug-likeness (QED) is 0.923. The van der Waals surface area contributed by atoms with Crippen molar-refractivity contribution in [3.63, 3.8) is 0 Å². The second-order valence-electron chi connectivity index (χ2n) is 5.27. The molecule has 0 spiro atoms. The Morgan fingerprint density at radius 2 is 2.13 bits per heavy atom. The predicted molar refractivity (Wildman–Crippen MR) is 80.0 cm³/mol. The van der Waals surface area contributed by atoms with Crippen LogP contribution in [0.5, 0.6) is 0 Å². The first-order valence-corrected chi connectivity index (χ1v) is 6.95. The summed E-state index contributed by atoms with van der Waals surface area (Å²) in [5.74, 6) is -2.00. The van der Waals surface area contributed by atoms with Gasteiger partial charge in [0, 0.05) is 12.3 Å². The SMILES string of the molecule is Cc1ccnc2c1NC(=O)CN2C(=O)Cc1ccc(F)cc1F. The second kappa shape index (κ2) is 5.75. The Morgan fingerprint density at radius 3 is 2.87 bits per heavy atom. The van der Waals surface area contributed by atoms with Crippen LogP contribution in [0.4, 0.5) is 20.3 Å². The van der Waals surface area contributed by atoms with Gasteiger partial charge in [0.1, 0.15) is 18.2 Å². The van der Waals surface area contributed by atoms with E-state index in [0.717, 1.165) is 17.7 Å². The number of amides is 2. The van der Waals surface area contributed by atoms with Crippen molar-refractivity contribution >= 4 is 23.3 Å². The van der Waals surface area contributed by atoms with Crippen LogP contribution in [0.2, 0.25) is 0 Å². The number of benzene rings is 1. The van der Waals surface area contributed by atoms with Crippen LogP contribution in [-0.4, -0.2) is 23.3 Å². The molecule has 1 aliphatic heterocycles. The maximum absolute atomic E-state index is 13.7. The van der Waals surface area contributed by atoms with Crippen molar-refractivity contribution in [1.82, 2.24) is 4.98 Å². The van der Waals surface area contributed by atoms with Crippen LogP contribution in [0, 0.1) is 18.6 Å². The summed E-state index contributed by atoms with van der Waals surface area (Å²) in [5.41, 5.74) is 1.31. The third-order valence-electron chi connectivity index (χ3n) is 3.62. The number of carbonyl (C=O) groups excluding carboxylic acids is 2. The highest BCUT2D eigenvalue weighted by Gasteiger charge is 2.29. The van der Waals surface area contributed by atoms with Gasteiger partial charge >= 0.3 is 0 Å². The highest BCUT2D eigenvalue weighted by molar-refractivity contribution is 6.09. The fraction of sp³-hybridized carbons (Fsp3) is 0.188. The number of hydrogen-bond acceptors (Lipinski definition) is 3. The molecule has 0 fully saturated rings. The van der Waals surface area contributed by atoms with Gasteiger partial charge in [0.25, 0.3) is 0 Å². The smallest absolute Gasteiger partial charge is 0.244 e. The van der Waals surface area contributed by atoms with E-state index in [4.69, 9.17) is 0 Å². The first-order chi connectivity index (χ1) is 11.0. The van der Waals surface area contributed by atoms with E-state index in [0.29, 0.717) is 11.5 Å². The van der Waals surface area contributed by atoms with Gasteiger partial charge in [0.15, 0.2) is 5.82 Å². The number of aromatic nitrogens is 1. The molecule has 1 aromatic carbocycles. The molecule has 0 aliphatic carbocycles. The number of anilines is 2. The minimum absolute atomic E-state index is 0.0663. The molecule has 0 saturated heterocycles. The molecule has 0 atom stereocenters. The molecule has 2 amide bonds. The lowest BCUT2D eigenvalue weighted by molar-refractivity contribution is -0.121. The molecule has 0 saturated carbocycles. The zero-order valence-corrected chi connectivity index (χ0v) is 12.3. The van der Waals surface area contributed by atoms with E-state index in [1.165, 1.54) is 17.2 Å². The zero-order valence-electron chi connectivity index (χ0n) is 12.3. The van der Waals surface area contributed by atoms with E-state index >= 15 is 0 Å². The van der Waals surface area contributed by atoms with Crippen molar-refractivity contribution in [2.75, 3.05) is 16.8 Å². The Balaban J connectivity index is 1.91. The molecule has 23 heavy (non-hydrogen) atoms. The Kier molecular flexibility index (Phi) is 3.77. The third kappa shape index (κ3) is 2.90. The number of halogens is 2. The number of pyridine rings is 1. The first kappa shape index (κ1) is 15.1. The number of carbonyl (C=O) groups is 2. The first-order valence-electron chi connectivity index (χ1n) is 6.95. The second-order valence-corrected chi connectivity index (χ2v) is 5.27. The lowest BCUT2D eigenvalue weighted by Crippen LogP contribution is -2.43. The van der Waals surface area contributed by atoms with E-state index in [-0.39, 0.29) is 24.4 Å². The molecule has 0 bridgehead atoms. The van der Waals surface area contributed by atoms with E-state index in [1.54, 1.807) is 13.0 Å². The summed E-state index contributed by atoms with van der Waals surface area (Å²) in [7, 11) is 0. The van der Waals surface area contributed by atoms with Gasteiger partial charge in [-0.2, -0.15) is 0 Å². The van der Waals surface area contributed by atoms with Crippen LogP contribution >= 0.6 is 0 Å². The van der Waals surface area contributed by atoms with Gasteiger partial charge in [-0.05, 0) is 30.2 Å². The van der Waals surface area contributed by atoms with Crippen molar-refractivity contribution in [3.05, 3.63) is 53.2 Å². The molecule has 7 heteroatoms. The molecular weight excluding hydrogens is 304 g/mol. The average molecular weight is 317 g/mol. The fourth-order valence-corrected chi connectivity index (χ4v) is 2.43. The van der Waals surface area contributed by atoms with Gasteiger partial charge in [-0.15, -0.1) is 0 Å². The van der Waals surface area contributed by atoms with Crippen LogP contribution in [0.3, 0.4) is 0 Å². The lowest BCUT2D eigenvalue weighted by atomic mass is 10.1. The third-order valence-corrected chi connectivity index (χ3v) is 3.62. The average Bonchev–Trinajstić information content (AvgIpc) is 2.50. The molecule has 1 aliphatic rings. The number of rotatable bonds is 2. The molecular formula is C16H13F2N3O2. The minimum Gasteiger partial charge on any atom is -0.321 e. The van der Waals surface area contributed by atoms with Gasteiger partial charge < -0.3 is 5.32 Å². The molecule has 1 aromatic heterocycles. The van der Waals surface area contributed by atoms with Crippen LogP contribution in [0.15, 0.2) is 30.5 Å². The van der Waals surface area contributed by atoms with Crippen LogP contribution in [0.1, 0.15) is 11.1 Å². The van der Waals surface area contributed by atoms with Gasteiger partial charge in [0.2, 0.25) is 11.8 Å². The minimum atomic E-state index is -0.794. The maximum atomic E-state index is 13.7. The van der Waals surface area contributed by atoms with Gasteiger partial charge in [-0.1, -0.05) is 6.07 Å². The fourth-order valence-electron chi connectivity index (χ4n) is 2.43. The van der Waals surface area contributed by atoms with E-state index in [1.807, 2.05) is 0 Å². The molecule has 1 N–H and O–H groups in total. The summed E-state index contributed by atoms with van der Waals surface area (Å²) >= 11 is 0. The summed E-state index contributed by atoms with van der Waals surface area (Å²) in [6.07, 6.45) is 1.25. The van der Waals surface area contributed by atoms with E-state index in [2.05, 4.69) is 10.3 Å². The van der Waals surface area contributed by atoms with Crippen LogP contribution < -0.4 is 10.2 Å². The van der Waals surface area contributed by atoms with Crippen molar-refractivity contribution in [3.8, 4) is 0 Å². The number of nitrogens with zero attached hydrogens (tertiary/aromatic N) is 2. The van der Waals surface area contributed by atoms with Crippen molar-refractivity contribution < 1.29 is 18.4 Å². The molecule has 2 aromatic rings. The molecule has 3 rings (SSSR count). The highest BCUT2D eigenvalue weighted by atomic mass is 19.1. The monoisotopic (exact) mass is 317 g/mol. The van der Waals surface area contributed by atoms with Gasteiger partial charge in [0.05, 0.1) is 12.1 Å². The van der Waals surface area contributed by atoms with E-state index in [9.17, 15) is 18.4 Å². The zero-order chi connectivity index (χ0) is 16.6. The normalized spacial score (nSPS) is 13.5. The molecule has 118 valence electrons. The summed E-state index contributed by atoms with van der Waals surface area (Å²) in [4.78, 5) is 29.6. The lowest BCUT2D eigenvalue weighted by Gasteiger charge is -2.29. The summed E-state index contributed by atoms with van der Waals surface area (Å²) < 4.78 is 26.6. The Labute approximate surface area is 130 Å². The maximum Gasteiger partial charge on any atom is 0.244 e. The largest absolute Gasteiger partial charge is 0.321 e. The Morgan fingerprint density at radius 1 is 1.35 bits per heavy atom. The molecule has 2 heterocycles. The molecule has 0 unspecified atom stereocenters. The van der Waals surface area contributed by atoms with Crippen molar-refractivity contribution in [2.24, 2.45) is 0 Å². The number of nitrogens with one attached hydrogen (secondary N) is 1. The number of fused-ring (bicyclic) bond motifs is 1. The molecule has 0 radical (unpaired) electrons. The standard InChI is InChI=1S/C16H13F2N3O2/c1-9-4-5-19-16-15(9)20-13(22)8-21(16)14(23)6-10-2-3-11(17)7-12(10)18/h2-5,7H,6,8H2,1H3,(H,20,22). The Bertz CT molecular complexity index is 808. The van der Waals surface area contributed by atoms with E-state index < -0.39 is 17.5 Å². The van der Waals surface area contributed by atoms with Crippen LogP contribution in [-0.2, 0) is 16.0 Å². The van der Waals surface area contributed by atoms with Gasteiger partial charge in [-0.3, -0.25) is 14.5 Å². The summed E-state index contributed by atoms with van der Waals surface area (Å²) in [5, 5.41) is 2.68. The molecule has 5 nitrogen and oxygen atoms in total. The topological polar surface area (TPSA) is 62.3 Å². The number of hydrogen-bond donors (Lipinski definition) is 1. The predicted octanol–water partition coefficient (Wildman–Crippen LogP) is 2.20. The van der Waals surface area contributed by atoms with Crippen molar-refractivity contribution in [1.29, 1.82) is 0 Å². The van der Waals surface area contributed by atoms with Crippen molar-refractivity contribution in [2.45, 2.75) is 13.3 Å². The highest BCUT2D eigenvalue weighted by Crippen LogP contribution is 2.30. The number of aryl methyl sites for hydroxylation is 1. The van der Waals surface area contributed by atoms with Gasteiger partial charge in [-0.25, -0.2) is 13.8 Å². The van der Waals surface area contributed by atoms with Crippen LogP contribution in [0.25, 0.3) is 0 Å². The Hall–Kier alpha value is -2.83. The summed E-state index contributed by atoms with van der Waals surface area (Å²) in [6, 6.07) is 4.75.